The van der Waals surface area contributed by atoms with Crippen molar-refractivity contribution in [3.63, 3.8) is 0 Å². The molecule has 2 amide bonds. The molecule has 7 heteroatoms. The zero-order chi connectivity index (χ0) is 13.4. The van der Waals surface area contributed by atoms with Gasteiger partial charge in [-0.15, -0.1) is 0 Å². The summed E-state index contributed by atoms with van der Waals surface area (Å²) >= 11 is 1.79. The van der Waals surface area contributed by atoms with Crippen LogP contribution < -0.4 is 10.6 Å². The van der Waals surface area contributed by atoms with Gasteiger partial charge in [-0.2, -0.15) is 11.8 Å². The van der Waals surface area contributed by atoms with Gasteiger partial charge in [0.2, 0.25) is 0 Å². The summed E-state index contributed by atoms with van der Waals surface area (Å²) in [4.78, 5) is 22.9. The highest BCUT2D eigenvalue weighted by molar-refractivity contribution is 7.99. The third-order valence-corrected chi connectivity index (χ3v) is 4.09. The van der Waals surface area contributed by atoms with Gasteiger partial charge < -0.3 is 20.1 Å². The zero-order valence-electron chi connectivity index (χ0n) is 10.8. The third kappa shape index (κ3) is 4.47. The number of rotatable bonds is 6. The zero-order valence-corrected chi connectivity index (χ0v) is 11.6. The first-order valence-electron chi connectivity index (χ1n) is 5.81. The molecule has 18 heavy (non-hydrogen) atoms. The van der Waals surface area contributed by atoms with Gasteiger partial charge in [0.1, 0.15) is 0 Å². The number of amides is 2. The number of ether oxygens (including phenoxy) is 2. The van der Waals surface area contributed by atoms with Gasteiger partial charge in [-0.25, -0.2) is 0 Å². The maximum atomic E-state index is 11.5. The minimum Gasteiger partial charge on any atom is -0.383 e. The second kappa shape index (κ2) is 7.60. The first kappa shape index (κ1) is 15.3. The fourth-order valence-electron chi connectivity index (χ4n) is 1.63. The maximum absolute atomic E-state index is 11.5. The van der Waals surface area contributed by atoms with E-state index in [4.69, 9.17) is 9.47 Å². The molecule has 1 saturated heterocycles. The summed E-state index contributed by atoms with van der Waals surface area (Å²) in [5, 5.41) is 5.08. The van der Waals surface area contributed by atoms with Crippen LogP contribution in [0.5, 0.6) is 0 Å². The molecule has 1 fully saturated rings. The second-order valence-electron chi connectivity index (χ2n) is 4.12. The highest BCUT2D eigenvalue weighted by atomic mass is 32.2. The quantitative estimate of drug-likeness (QED) is 0.500. The van der Waals surface area contributed by atoms with Gasteiger partial charge in [-0.05, 0) is 12.2 Å². The van der Waals surface area contributed by atoms with Gasteiger partial charge >= 0.3 is 11.8 Å². The Kier molecular flexibility index (Phi) is 6.45. The van der Waals surface area contributed by atoms with Crippen LogP contribution in [0, 0.1) is 0 Å². The SMILES string of the molecule is COCCNC(=O)C(=O)NCC1(OC)CCSC1. The topological polar surface area (TPSA) is 76.7 Å². The van der Waals surface area contributed by atoms with E-state index in [1.807, 2.05) is 0 Å². The summed E-state index contributed by atoms with van der Waals surface area (Å²) in [7, 11) is 3.17. The van der Waals surface area contributed by atoms with Gasteiger partial charge in [0.15, 0.2) is 0 Å². The van der Waals surface area contributed by atoms with Crippen molar-refractivity contribution >= 4 is 23.6 Å². The van der Waals surface area contributed by atoms with Crippen molar-refractivity contribution in [2.75, 3.05) is 45.4 Å². The Morgan fingerprint density at radius 2 is 2.00 bits per heavy atom. The molecule has 1 heterocycles. The number of carbonyl (C=O) groups excluding carboxylic acids is 2. The lowest BCUT2D eigenvalue weighted by molar-refractivity contribution is -0.140. The van der Waals surface area contributed by atoms with Crippen LogP contribution in [0.25, 0.3) is 0 Å². The van der Waals surface area contributed by atoms with Gasteiger partial charge in [0.25, 0.3) is 0 Å². The molecular formula is C11H20N2O4S. The summed E-state index contributed by atoms with van der Waals surface area (Å²) in [6.07, 6.45) is 0.889. The van der Waals surface area contributed by atoms with Crippen LogP contribution in [0.3, 0.4) is 0 Å². The molecule has 0 aromatic carbocycles. The van der Waals surface area contributed by atoms with Gasteiger partial charge in [0.05, 0.1) is 12.2 Å². The van der Waals surface area contributed by atoms with Crippen molar-refractivity contribution in [3.8, 4) is 0 Å². The minimum absolute atomic E-state index is 0.326. The van der Waals surface area contributed by atoms with Crippen molar-refractivity contribution in [1.29, 1.82) is 0 Å². The Bertz CT molecular complexity index is 293. The van der Waals surface area contributed by atoms with Crippen LogP contribution in [0.2, 0.25) is 0 Å². The van der Waals surface area contributed by atoms with Gasteiger partial charge in [0, 0.05) is 33.1 Å². The number of nitrogens with one attached hydrogen (secondary N) is 2. The van der Waals surface area contributed by atoms with Crippen molar-refractivity contribution in [2.24, 2.45) is 0 Å². The smallest absolute Gasteiger partial charge is 0.309 e. The van der Waals surface area contributed by atoms with Gasteiger partial charge in [-0.1, -0.05) is 0 Å². The lowest BCUT2D eigenvalue weighted by atomic mass is 10.0. The van der Waals surface area contributed by atoms with Crippen molar-refractivity contribution < 1.29 is 19.1 Å². The molecule has 1 aliphatic heterocycles. The summed E-state index contributed by atoms with van der Waals surface area (Å²) in [5.41, 5.74) is -0.326. The highest BCUT2D eigenvalue weighted by Gasteiger charge is 2.35. The molecule has 0 aliphatic carbocycles. The molecule has 0 spiro atoms. The first-order chi connectivity index (χ1) is 8.63. The number of thioether (sulfide) groups is 1. The Morgan fingerprint density at radius 3 is 2.56 bits per heavy atom. The molecule has 1 unspecified atom stereocenters. The van der Waals surface area contributed by atoms with Crippen LogP contribution >= 0.6 is 11.8 Å². The molecule has 1 rings (SSSR count). The summed E-state index contributed by atoms with van der Waals surface area (Å²) in [6.45, 7) is 1.08. The predicted molar refractivity (Wildman–Crippen MR) is 69.6 cm³/mol. The molecule has 0 aromatic heterocycles. The number of methoxy groups -OCH3 is 2. The third-order valence-electron chi connectivity index (χ3n) is 2.87. The van der Waals surface area contributed by atoms with Gasteiger partial charge in [-0.3, -0.25) is 9.59 Å². The molecule has 104 valence electrons. The monoisotopic (exact) mass is 276 g/mol. The van der Waals surface area contributed by atoms with E-state index in [1.54, 1.807) is 18.9 Å². The van der Waals surface area contributed by atoms with Crippen LogP contribution in [0.1, 0.15) is 6.42 Å². The Labute approximate surface area is 111 Å². The molecular weight excluding hydrogens is 256 g/mol. The largest absolute Gasteiger partial charge is 0.383 e. The van der Waals surface area contributed by atoms with Crippen LogP contribution in [-0.2, 0) is 19.1 Å². The highest BCUT2D eigenvalue weighted by Crippen LogP contribution is 2.30. The average Bonchev–Trinajstić information content (AvgIpc) is 2.85. The molecule has 1 atom stereocenters. The molecule has 1 aliphatic rings. The molecule has 0 bridgehead atoms. The van der Waals surface area contributed by atoms with E-state index in [1.165, 1.54) is 7.11 Å². The van der Waals surface area contributed by atoms with Crippen LogP contribution in [0.4, 0.5) is 0 Å². The lowest BCUT2D eigenvalue weighted by Crippen LogP contribution is -2.49. The molecule has 6 nitrogen and oxygen atoms in total. The Morgan fingerprint density at radius 1 is 1.28 bits per heavy atom. The lowest BCUT2D eigenvalue weighted by Gasteiger charge is -2.26. The average molecular weight is 276 g/mol. The number of hydrogen-bond donors (Lipinski definition) is 2. The Balaban J connectivity index is 2.29. The second-order valence-corrected chi connectivity index (χ2v) is 5.23. The number of carbonyl (C=O) groups is 2. The predicted octanol–water partition coefficient (Wildman–Crippen LogP) is -0.613. The van der Waals surface area contributed by atoms with E-state index in [9.17, 15) is 9.59 Å². The summed E-state index contributed by atoms with van der Waals surface area (Å²) in [6, 6.07) is 0. The van der Waals surface area contributed by atoms with E-state index in [-0.39, 0.29) is 5.60 Å². The molecule has 0 radical (unpaired) electrons. The molecule has 0 saturated carbocycles. The summed E-state index contributed by atoms with van der Waals surface area (Å²) < 4.78 is 10.2. The molecule has 0 aromatic rings. The van der Waals surface area contributed by atoms with E-state index < -0.39 is 11.8 Å². The van der Waals surface area contributed by atoms with E-state index >= 15 is 0 Å². The Hall–Kier alpha value is -0.790. The fourth-order valence-corrected chi connectivity index (χ4v) is 3.03. The number of hydrogen-bond acceptors (Lipinski definition) is 5. The standard InChI is InChI=1S/C11H20N2O4S/c1-16-5-4-12-9(14)10(15)13-7-11(17-2)3-6-18-8-11/h3-8H2,1-2H3,(H,12,14)(H,13,15). The van der Waals surface area contributed by atoms with Crippen LogP contribution in [0.15, 0.2) is 0 Å². The normalized spacial score (nSPS) is 22.8. The molecule has 2 N–H and O–H groups in total. The summed E-state index contributed by atoms with van der Waals surface area (Å²) in [5.74, 6) is 0.599. The van der Waals surface area contributed by atoms with E-state index in [2.05, 4.69) is 10.6 Å². The fraction of sp³-hybridized carbons (Fsp3) is 0.818. The van der Waals surface area contributed by atoms with Crippen molar-refractivity contribution in [1.82, 2.24) is 10.6 Å². The first-order valence-corrected chi connectivity index (χ1v) is 6.97. The van der Waals surface area contributed by atoms with Crippen molar-refractivity contribution in [2.45, 2.75) is 12.0 Å². The minimum atomic E-state index is -0.635. The van der Waals surface area contributed by atoms with Crippen molar-refractivity contribution in [3.05, 3.63) is 0 Å². The van der Waals surface area contributed by atoms with E-state index in [0.29, 0.717) is 19.7 Å². The van der Waals surface area contributed by atoms with Crippen LogP contribution in [-0.4, -0.2) is 62.8 Å². The van der Waals surface area contributed by atoms with E-state index in [0.717, 1.165) is 17.9 Å². The maximum Gasteiger partial charge on any atom is 0.309 e.